The Bertz CT molecular complexity index is 704. The Labute approximate surface area is 153 Å². The van der Waals surface area contributed by atoms with Crippen LogP contribution in [-0.4, -0.2) is 38.5 Å². The van der Waals surface area contributed by atoms with E-state index < -0.39 is 0 Å². The second-order valence-corrected chi connectivity index (χ2v) is 5.80. The minimum Gasteiger partial charge on any atom is -0.356 e. The highest BCUT2D eigenvalue weighted by Gasteiger charge is 2.04. The first-order valence-corrected chi connectivity index (χ1v) is 8.59. The molecule has 2 aromatic carbocycles. The SMILES string of the molecule is CN=C(NCCNC(=O)c1ccccc1)NCCc1ccccc1Cl. The van der Waals surface area contributed by atoms with Gasteiger partial charge in [0.05, 0.1) is 0 Å². The van der Waals surface area contributed by atoms with Gasteiger partial charge in [-0.1, -0.05) is 48.0 Å². The minimum atomic E-state index is -0.0796. The number of carbonyl (C=O) groups is 1. The molecule has 3 N–H and O–H groups in total. The minimum absolute atomic E-state index is 0.0796. The van der Waals surface area contributed by atoms with Gasteiger partial charge < -0.3 is 16.0 Å². The van der Waals surface area contributed by atoms with Crippen LogP contribution in [0.15, 0.2) is 59.6 Å². The second-order valence-electron chi connectivity index (χ2n) is 5.39. The normalized spacial score (nSPS) is 11.0. The molecule has 0 aromatic heterocycles. The molecular formula is C19H23ClN4O. The zero-order valence-corrected chi connectivity index (χ0v) is 15.0. The van der Waals surface area contributed by atoms with E-state index in [4.69, 9.17) is 11.6 Å². The topological polar surface area (TPSA) is 65.5 Å². The summed E-state index contributed by atoms with van der Waals surface area (Å²) in [6.07, 6.45) is 0.811. The van der Waals surface area contributed by atoms with Crippen LogP contribution in [0.2, 0.25) is 5.02 Å². The summed E-state index contributed by atoms with van der Waals surface area (Å²) < 4.78 is 0. The number of guanidine groups is 1. The molecule has 132 valence electrons. The Morgan fingerprint density at radius 1 is 0.920 bits per heavy atom. The van der Waals surface area contributed by atoms with Gasteiger partial charge >= 0.3 is 0 Å². The van der Waals surface area contributed by atoms with Gasteiger partial charge in [-0.15, -0.1) is 0 Å². The zero-order valence-electron chi connectivity index (χ0n) is 14.3. The van der Waals surface area contributed by atoms with Crippen LogP contribution in [0.25, 0.3) is 0 Å². The van der Waals surface area contributed by atoms with Crippen molar-refractivity contribution in [2.24, 2.45) is 4.99 Å². The van der Waals surface area contributed by atoms with E-state index in [1.165, 1.54) is 0 Å². The number of nitrogens with zero attached hydrogens (tertiary/aromatic N) is 1. The number of nitrogens with one attached hydrogen (secondary N) is 3. The molecule has 0 saturated heterocycles. The molecule has 0 spiro atoms. The van der Waals surface area contributed by atoms with Crippen LogP contribution in [0, 0.1) is 0 Å². The molecule has 5 nitrogen and oxygen atoms in total. The maximum Gasteiger partial charge on any atom is 0.251 e. The summed E-state index contributed by atoms with van der Waals surface area (Å²) >= 11 is 6.14. The Kier molecular flexibility index (Phi) is 7.79. The van der Waals surface area contributed by atoms with E-state index in [0.717, 1.165) is 23.6 Å². The average Bonchev–Trinajstić information content (AvgIpc) is 2.65. The number of carbonyl (C=O) groups excluding carboxylic acids is 1. The fourth-order valence-corrected chi connectivity index (χ4v) is 2.52. The molecule has 1 amide bonds. The molecule has 0 aliphatic carbocycles. The average molecular weight is 359 g/mol. The zero-order chi connectivity index (χ0) is 17.9. The van der Waals surface area contributed by atoms with Crippen molar-refractivity contribution in [3.63, 3.8) is 0 Å². The van der Waals surface area contributed by atoms with Crippen molar-refractivity contribution in [1.29, 1.82) is 0 Å². The number of aliphatic imine (C=N–C) groups is 1. The fraction of sp³-hybridized carbons (Fsp3) is 0.263. The summed E-state index contributed by atoms with van der Waals surface area (Å²) in [7, 11) is 1.72. The van der Waals surface area contributed by atoms with E-state index >= 15 is 0 Å². The first kappa shape index (κ1) is 18.8. The van der Waals surface area contributed by atoms with Crippen molar-refractivity contribution in [3.8, 4) is 0 Å². The van der Waals surface area contributed by atoms with Crippen LogP contribution in [0.5, 0.6) is 0 Å². The Morgan fingerprint density at radius 3 is 2.28 bits per heavy atom. The van der Waals surface area contributed by atoms with Gasteiger partial charge in [-0.25, -0.2) is 0 Å². The molecule has 0 atom stereocenters. The molecule has 0 fully saturated rings. The lowest BCUT2D eigenvalue weighted by molar-refractivity contribution is 0.0954. The van der Waals surface area contributed by atoms with Gasteiger partial charge in [0.1, 0.15) is 0 Å². The van der Waals surface area contributed by atoms with E-state index in [9.17, 15) is 4.79 Å². The van der Waals surface area contributed by atoms with Crippen LogP contribution >= 0.6 is 11.6 Å². The number of hydrogen-bond donors (Lipinski definition) is 3. The quantitative estimate of drug-likeness (QED) is 0.405. The van der Waals surface area contributed by atoms with Crippen molar-refractivity contribution in [2.75, 3.05) is 26.7 Å². The third-order valence-electron chi connectivity index (χ3n) is 3.61. The van der Waals surface area contributed by atoms with Crippen molar-refractivity contribution >= 4 is 23.5 Å². The van der Waals surface area contributed by atoms with Gasteiger partial charge in [-0.3, -0.25) is 9.79 Å². The molecule has 0 saturated carbocycles. The summed E-state index contributed by atoms with van der Waals surface area (Å²) in [4.78, 5) is 16.1. The summed E-state index contributed by atoms with van der Waals surface area (Å²) in [5.41, 5.74) is 1.76. The number of benzene rings is 2. The van der Waals surface area contributed by atoms with Gasteiger partial charge in [0.25, 0.3) is 5.91 Å². The lowest BCUT2D eigenvalue weighted by atomic mass is 10.1. The highest BCUT2D eigenvalue weighted by molar-refractivity contribution is 6.31. The van der Waals surface area contributed by atoms with Crippen molar-refractivity contribution in [3.05, 3.63) is 70.7 Å². The number of amides is 1. The molecule has 0 aliphatic heterocycles. The molecule has 0 heterocycles. The predicted molar refractivity (Wildman–Crippen MR) is 103 cm³/mol. The maximum atomic E-state index is 11.9. The van der Waals surface area contributed by atoms with Gasteiger partial charge in [-0.2, -0.15) is 0 Å². The molecular weight excluding hydrogens is 336 g/mol. The van der Waals surface area contributed by atoms with Gasteiger partial charge in [-0.05, 0) is 30.2 Å². The standard InChI is InChI=1S/C19H23ClN4O/c1-21-19(23-12-11-15-7-5-6-10-17(15)20)24-14-13-22-18(25)16-8-3-2-4-9-16/h2-10H,11-14H2,1H3,(H,22,25)(H2,21,23,24). The van der Waals surface area contributed by atoms with Crippen LogP contribution in [-0.2, 0) is 6.42 Å². The molecule has 2 rings (SSSR count). The van der Waals surface area contributed by atoms with E-state index in [0.29, 0.717) is 24.6 Å². The van der Waals surface area contributed by atoms with E-state index in [2.05, 4.69) is 20.9 Å². The highest BCUT2D eigenvalue weighted by atomic mass is 35.5. The van der Waals surface area contributed by atoms with Gasteiger partial charge in [0, 0.05) is 37.3 Å². The number of hydrogen-bond acceptors (Lipinski definition) is 2. The van der Waals surface area contributed by atoms with Gasteiger partial charge in [0.15, 0.2) is 5.96 Å². The van der Waals surface area contributed by atoms with Crippen LogP contribution in [0.1, 0.15) is 15.9 Å². The molecule has 0 bridgehead atoms. The Balaban J connectivity index is 1.65. The summed E-state index contributed by atoms with van der Waals surface area (Å²) in [6.45, 7) is 1.82. The van der Waals surface area contributed by atoms with Crippen molar-refractivity contribution in [2.45, 2.75) is 6.42 Å². The largest absolute Gasteiger partial charge is 0.356 e. The van der Waals surface area contributed by atoms with Crippen LogP contribution < -0.4 is 16.0 Å². The monoisotopic (exact) mass is 358 g/mol. The number of rotatable bonds is 7. The second kappa shape index (κ2) is 10.4. The lowest BCUT2D eigenvalue weighted by Crippen LogP contribution is -2.42. The highest BCUT2D eigenvalue weighted by Crippen LogP contribution is 2.14. The first-order valence-electron chi connectivity index (χ1n) is 8.22. The molecule has 6 heteroatoms. The molecule has 25 heavy (non-hydrogen) atoms. The fourth-order valence-electron chi connectivity index (χ4n) is 2.29. The van der Waals surface area contributed by atoms with Gasteiger partial charge in [0.2, 0.25) is 0 Å². The maximum absolute atomic E-state index is 11.9. The smallest absolute Gasteiger partial charge is 0.251 e. The third-order valence-corrected chi connectivity index (χ3v) is 3.98. The van der Waals surface area contributed by atoms with E-state index in [-0.39, 0.29) is 5.91 Å². The Morgan fingerprint density at radius 2 is 1.56 bits per heavy atom. The van der Waals surface area contributed by atoms with Crippen LogP contribution in [0.3, 0.4) is 0 Å². The summed E-state index contributed by atoms with van der Waals surface area (Å²) in [5.74, 6) is 0.616. The van der Waals surface area contributed by atoms with Crippen molar-refractivity contribution < 1.29 is 4.79 Å². The van der Waals surface area contributed by atoms with Crippen molar-refractivity contribution in [1.82, 2.24) is 16.0 Å². The third kappa shape index (κ3) is 6.47. The number of halogens is 1. The van der Waals surface area contributed by atoms with Crippen LogP contribution in [0.4, 0.5) is 0 Å². The predicted octanol–water partition coefficient (Wildman–Crippen LogP) is 2.48. The summed E-state index contributed by atoms with van der Waals surface area (Å²) in [6, 6.07) is 17.0. The molecule has 0 unspecified atom stereocenters. The first-order chi connectivity index (χ1) is 12.2. The summed E-state index contributed by atoms with van der Waals surface area (Å²) in [5, 5.41) is 10.0. The lowest BCUT2D eigenvalue weighted by Gasteiger charge is -2.12. The molecule has 0 radical (unpaired) electrons. The molecule has 2 aromatic rings. The Hall–Kier alpha value is -2.53. The van der Waals surface area contributed by atoms with E-state index in [1.807, 2.05) is 42.5 Å². The molecule has 0 aliphatic rings. The van der Waals surface area contributed by atoms with E-state index in [1.54, 1.807) is 19.2 Å².